The van der Waals surface area contributed by atoms with Crippen molar-refractivity contribution >= 4 is 11.0 Å². The molecule has 2 heteroatoms. The zero-order valence-corrected chi connectivity index (χ0v) is 9.63. The second-order valence-electron chi connectivity index (χ2n) is 3.73. The van der Waals surface area contributed by atoms with E-state index in [0.717, 1.165) is 23.3 Å². The second-order valence-corrected chi connectivity index (χ2v) is 3.73. The summed E-state index contributed by atoms with van der Waals surface area (Å²) in [6.45, 7) is 5.77. The Morgan fingerprint density at radius 2 is 2.19 bits per heavy atom. The smallest absolute Gasteiger partial charge is 0.178 e. The topological polar surface area (TPSA) is 25.2 Å². The van der Waals surface area contributed by atoms with Crippen LogP contribution in [0.5, 0.6) is 0 Å². The van der Waals surface area contributed by atoms with Gasteiger partial charge in [-0.25, -0.2) is 0 Å². The third-order valence-corrected chi connectivity index (χ3v) is 2.35. The molecule has 1 aromatic carbocycles. The molecule has 1 aromatic heterocycles. The maximum atomic E-state index is 5.60. The summed E-state index contributed by atoms with van der Waals surface area (Å²) in [4.78, 5) is 0. The van der Waals surface area contributed by atoms with Crippen molar-refractivity contribution in [1.29, 1.82) is 0 Å². The monoisotopic (exact) mass is 213 g/mol. The van der Waals surface area contributed by atoms with Gasteiger partial charge < -0.3 is 9.73 Å². The van der Waals surface area contributed by atoms with Gasteiger partial charge in [-0.05, 0) is 31.5 Å². The van der Waals surface area contributed by atoms with Crippen molar-refractivity contribution in [3.05, 3.63) is 35.6 Å². The first kappa shape index (κ1) is 10.8. The van der Waals surface area contributed by atoms with Crippen LogP contribution in [0.4, 0.5) is 0 Å². The average molecular weight is 213 g/mol. The number of benzene rings is 1. The van der Waals surface area contributed by atoms with Crippen LogP contribution >= 0.6 is 0 Å². The molecule has 82 valence electrons. The molecule has 0 bridgehead atoms. The lowest BCUT2D eigenvalue weighted by Gasteiger charge is -1.89. The molecule has 0 spiro atoms. The van der Waals surface area contributed by atoms with E-state index in [0.29, 0.717) is 6.54 Å². The van der Waals surface area contributed by atoms with Crippen LogP contribution < -0.4 is 5.32 Å². The third-order valence-electron chi connectivity index (χ3n) is 2.35. The van der Waals surface area contributed by atoms with E-state index in [9.17, 15) is 0 Å². The number of fused-ring (bicyclic) bond motifs is 1. The van der Waals surface area contributed by atoms with Crippen LogP contribution in [0.3, 0.4) is 0 Å². The first-order valence-corrected chi connectivity index (χ1v) is 5.49. The molecular weight excluding hydrogens is 198 g/mol. The molecule has 0 saturated heterocycles. The summed E-state index contributed by atoms with van der Waals surface area (Å²) in [7, 11) is 0. The van der Waals surface area contributed by atoms with Crippen molar-refractivity contribution in [2.24, 2.45) is 0 Å². The van der Waals surface area contributed by atoms with Crippen molar-refractivity contribution < 1.29 is 4.42 Å². The number of rotatable bonds is 2. The highest BCUT2D eigenvalue weighted by Gasteiger charge is 2.00. The Balaban J connectivity index is 2.21. The molecule has 2 nitrogen and oxygen atoms in total. The normalized spacial score (nSPS) is 10.1. The van der Waals surface area contributed by atoms with E-state index in [1.807, 2.05) is 18.2 Å². The third kappa shape index (κ3) is 2.44. The highest BCUT2D eigenvalue weighted by molar-refractivity contribution is 5.79. The molecule has 2 aromatic rings. The predicted molar refractivity (Wildman–Crippen MR) is 66.4 cm³/mol. The lowest BCUT2D eigenvalue weighted by atomic mass is 10.2. The van der Waals surface area contributed by atoms with Gasteiger partial charge in [0.1, 0.15) is 5.58 Å². The van der Waals surface area contributed by atoms with Crippen molar-refractivity contribution in [2.75, 3.05) is 13.1 Å². The molecule has 1 heterocycles. The molecule has 2 rings (SSSR count). The first-order valence-electron chi connectivity index (χ1n) is 5.49. The lowest BCUT2D eigenvalue weighted by molar-refractivity contribution is 0.601. The number of hydrogen-bond acceptors (Lipinski definition) is 2. The molecule has 0 aliphatic heterocycles. The SMILES string of the molecule is CCNCC#Cc1cc2cc(C)ccc2o1. The van der Waals surface area contributed by atoms with Crippen LogP contribution in [0.2, 0.25) is 0 Å². The van der Waals surface area contributed by atoms with Gasteiger partial charge in [-0.1, -0.05) is 24.5 Å². The maximum absolute atomic E-state index is 5.60. The lowest BCUT2D eigenvalue weighted by Crippen LogP contribution is -2.11. The van der Waals surface area contributed by atoms with Crippen molar-refractivity contribution in [3.8, 4) is 11.8 Å². The zero-order chi connectivity index (χ0) is 11.4. The molecule has 16 heavy (non-hydrogen) atoms. The van der Waals surface area contributed by atoms with Gasteiger partial charge in [-0.15, -0.1) is 0 Å². The summed E-state index contributed by atoms with van der Waals surface area (Å²) in [5, 5.41) is 4.26. The van der Waals surface area contributed by atoms with Crippen LogP contribution in [-0.4, -0.2) is 13.1 Å². The van der Waals surface area contributed by atoms with E-state index in [4.69, 9.17) is 4.42 Å². The molecule has 0 amide bonds. The van der Waals surface area contributed by atoms with Gasteiger partial charge in [-0.3, -0.25) is 0 Å². The molecule has 0 unspecified atom stereocenters. The first-order chi connectivity index (χ1) is 7.79. The summed E-state index contributed by atoms with van der Waals surface area (Å²) >= 11 is 0. The Hall–Kier alpha value is -1.72. The fourth-order valence-electron chi connectivity index (χ4n) is 1.54. The van der Waals surface area contributed by atoms with E-state index < -0.39 is 0 Å². The van der Waals surface area contributed by atoms with Crippen LogP contribution in [0.1, 0.15) is 18.2 Å². The summed E-state index contributed by atoms with van der Waals surface area (Å²) in [6, 6.07) is 8.12. The Labute approximate surface area is 95.6 Å². The fourth-order valence-corrected chi connectivity index (χ4v) is 1.54. The van der Waals surface area contributed by atoms with E-state index >= 15 is 0 Å². The van der Waals surface area contributed by atoms with Gasteiger partial charge in [0.15, 0.2) is 5.76 Å². The Kier molecular flexibility index (Phi) is 3.28. The standard InChI is InChI=1S/C14H15NO/c1-3-15-8-4-5-13-10-12-9-11(2)6-7-14(12)16-13/h6-7,9-10,15H,3,8H2,1-2H3. The van der Waals surface area contributed by atoms with Crippen molar-refractivity contribution in [1.82, 2.24) is 5.32 Å². The molecule has 0 atom stereocenters. The minimum atomic E-state index is 0.701. The Morgan fingerprint density at radius 3 is 3.00 bits per heavy atom. The van der Waals surface area contributed by atoms with Gasteiger partial charge in [0.25, 0.3) is 0 Å². The molecule has 0 aliphatic carbocycles. The summed E-state index contributed by atoms with van der Waals surface area (Å²) < 4.78 is 5.60. The quantitative estimate of drug-likeness (QED) is 0.613. The highest BCUT2D eigenvalue weighted by Crippen LogP contribution is 2.19. The van der Waals surface area contributed by atoms with Gasteiger partial charge in [-0.2, -0.15) is 0 Å². The van der Waals surface area contributed by atoms with Crippen LogP contribution in [-0.2, 0) is 0 Å². The van der Waals surface area contributed by atoms with Crippen molar-refractivity contribution in [2.45, 2.75) is 13.8 Å². The van der Waals surface area contributed by atoms with Gasteiger partial charge in [0, 0.05) is 11.5 Å². The van der Waals surface area contributed by atoms with Gasteiger partial charge in [0.2, 0.25) is 0 Å². The molecule has 1 N–H and O–H groups in total. The van der Waals surface area contributed by atoms with Gasteiger partial charge in [0.05, 0.1) is 6.54 Å². The van der Waals surface area contributed by atoms with Crippen LogP contribution in [0.25, 0.3) is 11.0 Å². The zero-order valence-electron chi connectivity index (χ0n) is 9.63. The number of aryl methyl sites for hydroxylation is 1. The average Bonchev–Trinajstić information content (AvgIpc) is 2.66. The molecule has 0 saturated carbocycles. The fraction of sp³-hybridized carbons (Fsp3) is 0.286. The maximum Gasteiger partial charge on any atom is 0.178 e. The number of furan rings is 1. The van der Waals surface area contributed by atoms with Crippen molar-refractivity contribution in [3.63, 3.8) is 0 Å². The highest BCUT2D eigenvalue weighted by atomic mass is 16.3. The predicted octanol–water partition coefficient (Wildman–Crippen LogP) is 2.70. The summed E-state index contributed by atoms with van der Waals surface area (Å²) in [5.74, 6) is 6.77. The summed E-state index contributed by atoms with van der Waals surface area (Å²) in [5.41, 5.74) is 2.14. The van der Waals surface area contributed by atoms with E-state index in [2.05, 4.69) is 37.1 Å². The van der Waals surface area contributed by atoms with E-state index in [1.54, 1.807) is 0 Å². The second kappa shape index (κ2) is 4.87. The van der Waals surface area contributed by atoms with E-state index in [-0.39, 0.29) is 0 Å². The van der Waals surface area contributed by atoms with Gasteiger partial charge >= 0.3 is 0 Å². The Bertz CT molecular complexity index is 543. The summed E-state index contributed by atoms with van der Waals surface area (Å²) in [6.07, 6.45) is 0. The van der Waals surface area contributed by atoms with Crippen LogP contribution in [0.15, 0.2) is 28.7 Å². The molecule has 0 fully saturated rings. The minimum absolute atomic E-state index is 0.701. The molecular formula is C14H15NO. The Morgan fingerprint density at radius 1 is 1.31 bits per heavy atom. The van der Waals surface area contributed by atoms with E-state index in [1.165, 1.54) is 5.56 Å². The number of hydrogen-bond donors (Lipinski definition) is 1. The molecule has 0 aliphatic rings. The minimum Gasteiger partial charge on any atom is -0.448 e. The number of nitrogens with one attached hydrogen (secondary N) is 1. The van der Waals surface area contributed by atoms with Crippen LogP contribution in [0, 0.1) is 18.8 Å². The largest absolute Gasteiger partial charge is 0.448 e. The molecule has 0 radical (unpaired) electrons.